The Morgan fingerprint density at radius 3 is 2.53 bits per heavy atom. The van der Waals surface area contributed by atoms with Crippen molar-refractivity contribution in [1.29, 1.82) is 0 Å². The fourth-order valence-corrected chi connectivity index (χ4v) is 2.76. The van der Waals surface area contributed by atoms with Gasteiger partial charge < -0.3 is 9.73 Å². The molecule has 1 unspecified atom stereocenters. The second kappa shape index (κ2) is 7.07. The van der Waals surface area contributed by atoms with Crippen molar-refractivity contribution in [2.45, 2.75) is 51.8 Å². The highest BCUT2D eigenvalue weighted by Gasteiger charge is 2.20. The van der Waals surface area contributed by atoms with E-state index in [2.05, 4.69) is 23.9 Å². The molecule has 1 aromatic rings. The molecule has 0 amide bonds. The van der Waals surface area contributed by atoms with Crippen molar-refractivity contribution in [2.75, 3.05) is 6.54 Å². The average Bonchev–Trinajstić information content (AvgIpc) is 2.77. The van der Waals surface area contributed by atoms with E-state index in [-0.39, 0.29) is 11.1 Å². The van der Waals surface area contributed by atoms with Gasteiger partial charge in [-0.1, -0.05) is 20.8 Å². The van der Waals surface area contributed by atoms with Crippen molar-refractivity contribution in [3.63, 3.8) is 0 Å². The lowest BCUT2D eigenvalue weighted by Crippen LogP contribution is -2.31. The molecule has 0 aliphatic rings. The number of sulfonamides is 1. The van der Waals surface area contributed by atoms with E-state index >= 15 is 0 Å². The van der Waals surface area contributed by atoms with Crippen LogP contribution in [0.25, 0.3) is 0 Å². The van der Waals surface area contributed by atoms with Crippen molar-refractivity contribution in [3.05, 3.63) is 17.9 Å². The summed E-state index contributed by atoms with van der Waals surface area (Å²) in [5.74, 6) is 1.18. The van der Waals surface area contributed by atoms with Gasteiger partial charge >= 0.3 is 0 Å². The van der Waals surface area contributed by atoms with Crippen LogP contribution in [-0.4, -0.2) is 21.0 Å². The van der Waals surface area contributed by atoms with Crippen molar-refractivity contribution in [1.82, 2.24) is 10.0 Å². The molecule has 5 nitrogen and oxygen atoms in total. The summed E-state index contributed by atoms with van der Waals surface area (Å²) in [7, 11) is -3.54. The average molecular weight is 288 g/mol. The van der Waals surface area contributed by atoms with Gasteiger partial charge in [-0.3, -0.25) is 0 Å². The van der Waals surface area contributed by atoms with Crippen LogP contribution in [0.5, 0.6) is 0 Å². The summed E-state index contributed by atoms with van der Waals surface area (Å²) in [6.45, 7) is 9.38. The fraction of sp³-hybridized carbons (Fsp3) is 0.692. The van der Waals surface area contributed by atoms with E-state index in [1.165, 1.54) is 6.07 Å². The molecule has 1 rings (SSSR count). The van der Waals surface area contributed by atoms with Gasteiger partial charge in [0.05, 0.1) is 6.54 Å². The minimum atomic E-state index is -3.54. The number of rotatable bonds is 8. The summed E-state index contributed by atoms with van der Waals surface area (Å²) < 4.78 is 31.9. The van der Waals surface area contributed by atoms with Crippen LogP contribution >= 0.6 is 0 Å². The Morgan fingerprint density at radius 2 is 1.95 bits per heavy atom. The van der Waals surface area contributed by atoms with E-state index in [4.69, 9.17) is 4.42 Å². The second-order valence-electron chi connectivity index (χ2n) is 5.18. The highest BCUT2D eigenvalue weighted by atomic mass is 32.2. The Labute approximate surface area is 115 Å². The topological polar surface area (TPSA) is 71.3 Å². The smallest absolute Gasteiger partial charge is 0.274 e. The molecular formula is C13H24N2O3S. The Balaban J connectivity index is 2.63. The van der Waals surface area contributed by atoms with E-state index in [9.17, 15) is 8.42 Å². The van der Waals surface area contributed by atoms with E-state index in [1.807, 2.05) is 13.8 Å². The van der Waals surface area contributed by atoms with E-state index in [0.717, 1.165) is 13.0 Å². The van der Waals surface area contributed by atoms with Crippen molar-refractivity contribution < 1.29 is 12.8 Å². The SMILES string of the molecule is CCC(C)NS(=O)(=O)c1ccc(CNCC(C)C)o1. The molecule has 2 N–H and O–H groups in total. The molecule has 0 saturated heterocycles. The summed E-state index contributed by atoms with van der Waals surface area (Å²) >= 11 is 0. The van der Waals surface area contributed by atoms with Crippen LogP contribution < -0.4 is 10.0 Å². The lowest BCUT2D eigenvalue weighted by molar-refractivity contribution is 0.393. The molecule has 0 fully saturated rings. The molecule has 0 bridgehead atoms. The Morgan fingerprint density at radius 1 is 1.26 bits per heavy atom. The Hall–Kier alpha value is -0.850. The molecule has 0 aromatic carbocycles. The molecule has 0 aliphatic carbocycles. The summed E-state index contributed by atoms with van der Waals surface area (Å²) in [6.07, 6.45) is 0.739. The lowest BCUT2D eigenvalue weighted by atomic mass is 10.2. The normalized spacial score (nSPS) is 13.9. The first-order valence-electron chi connectivity index (χ1n) is 6.67. The Bertz CT molecular complexity index is 480. The van der Waals surface area contributed by atoms with E-state index in [0.29, 0.717) is 18.2 Å². The second-order valence-corrected chi connectivity index (χ2v) is 6.82. The molecule has 6 heteroatoms. The van der Waals surface area contributed by atoms with Crippen LogP contribution in [0.1, 0.15) is 39.9 Å². The molecule has 1 aromatic heterocycles. The molecule has 19 heavy (non-hydrogen) atoms. The maximum atomic E-state index is 12.0. The van der Waals surface area contributed by atoms with Crippen molar-refractivity contribution in [2.24, 2.45) is 5.92 Å². The van der Waals surface area contributed by atoms with Gasteiger partial charge in [0.15, 0.2) is 0 Å². The zero-order chi connectivity index (χ0) is 14.5. The first-order valence-corrected chi connectivity index (χ1v) is 8.15. The highest BCUT2D eigenvalue weighted by Crippen LogP contribution is 2.14. The zero-order valence-corrected chi connectivity index (χ0v) is 12.9. The quantitative estimate of drug-likeness (QED) is 0.768. The minimum Gasteiger partial charge on any atom is -0.447 e. The van der Waals surface area contributed by atoms with Gasteiger partial charge in [-0.05, 0) is 37.9 Å². The third kappa shape index (κ3) is 5.34. The maximum absolute atomic E-state index is 12.0. The van der Waals surface area contributed by atoms with Crippen LogP contribution in [-0.2, 0) is 16.6 Å². The molecule has 0 radical (unpaired) electrons. The first-order chi connectivity index (χ1) is 8.85. The van der Waals surface area contributed by atoms with E-state index < -0.39 is 10.0 Å². The lowest BCUT2D eigenvalue weighted by Gasteiger charge is -2.10. The molecule has 0 aliphatic heterocycles. The molecule has 0 spiro atoms. The summed E-state index contributed by atoms with van der Waals surface area (Å²) in [4.78, 5) is 0. The minimum absolute atomic E-state index is 0.0193. The third-order valence-corrected chi connectivity index (χ3v) is 4.18. The molecule has 1 heterocycles. The highest BCUT2D eigenvalue weighted by molar-refractivity contribution is 7.89. The number of furan rings is 1. The summed E-state index contributed by atoms with van der Waals surface area (Å²) in [6, 6.07) is 3.09. The number of nitrogens with one attached hydrogen (secondary N) is 2. The first kappa shape index (κ1) is 16.2. The summed E-state index contributed by atoms with van der Waals surface area (Å²) in [5, 5.41) is 3.19. The fourth-order valence-electron chi connectivity index (χ4n) is 1.49. The van der Waals surface area contributed by atoms with Crippen molar-refractivity contribution in [3.8, 4) is 0 Å². The van der Waals surface area contributed by atoms with Gasteiger partial charge in [-0.25, -0.2) is 13.1 Å². The van der Waals surface area contributed by atoms with Gasteiger partial charge in [-0.15, -0.1) is 0 Å². The van der Waals surface area contributed by atoms with Crippen LogP contribution in [0.3, 0.4) is 0 Å². The van der Waals surface area contributed by atoms with Crippen LogP contribution in [0.4, 0.5) is 0 Å². The van der Waals surface area contributed by atoms with Gasteiger partial charge in [0.2, 0.25) is 5.09 Å². The van der Waals surface area contributed by atoms with Crippen LogP contribution in [0, 0.1) is 5.92 Å². The molecular weight excluding hydrogens is 264 g/mol. The van der Waals surface area contributed by atoms with Crippen molar-refractivity contribution >= 4 is 10.0 Å². The van der Waals surface area contributed by atoms with Gasteiger partial charge in [-0.2, -0.15) is 0 Å². The number of hydrogen-bond donors (Lipinski definition) is 2. The van der Waals surface area contributed by atoms with E-state index in [1.54, 1.807) is 6.07 Å². The van der Waals surface area contributed by atoms with Crippen LogP contribution in [0.15, 0.2) is 21.6 Å². The van der Waals surface area contributed by atoms with Gasteiger partial charge in [0.1, 0.15) is 5.76 Å². The predicted octanol–water partition coefficient (Wildman–Crippen LogP) is 2.10. The van der Waals surface area contributed by atoms with Crippen LogP contribution in [0.2, 0.25) is 0 Å². The van der Waals surface area contributed by atoms with Gasteiger partial charge in [0.25, 0.3) is 10.0 Å². The molecule has 0 saturated carbocycles. The largest absolute Gasteiger partial charge is 0.447 e. The molecule has 1 atom stereocenters. The molecule has 110 valence electrons. The predicted molar refractivity (Wildman–Crippen MR) is 75.3 cm³/mol. The Kier molecular flexibility index (Phi) is 6.03. The monoisotopic (exact) mass is 288 g/mol. The summed E-state index contributed by atoms with van der Waals surface area (Å²) in [5.41, 5.74) is 0. The third-order valence-electron chi connectivity index (χ3n) is 2.72. The number of hydrogen-bond acceptors (Lipinski definition) is 4. The standard InChI is InChI=1S/C13H24N2O3S/c1-5-11(4)15-19(16,17)13-7-6-12(18-13)9-14-8-10(2)3/h6-7,10-11,14-15H,5,8-9H2,1-4H3. The van der Waals surface area contributed by atoms with Gasteiger partial charge in [0, 0.05) is 6.04 Å². The maximum Gasteiger partial charge on any atom is 0.274 e. The zero-order valence-electron chi connectivity index (χ0n) is 12.1.